The molecule has 3 nitrogen and oxygen atoms in total. The highest BCUT2D eigenvalue weighted by Crippen LogP contribution is 2.21. The molecule has 3 heteroatoms. The van der Waals surface area contributed by atoms with Crippen LogP contribution in [0.1, 0.15) is 32.6 Å². The van der Waals surface area contributed by atoms with Crippen LogP contribution in [0.4, 0.5) is 0 Å². The zero-order chi connectivity index (χ0) is 10.7. The fraction of sp³-hybridized carbons (Fsp3) is 0.917. The number of carbonyl (C=O) groups is 1. The molecule has 0 bridgehead atoms. The van der Waals surface area contributed by atoms with Gasteiger partial charge in [0.1, 0.15) is 0 Å². The van der Waals surface area contributed by atoms with E-state index < -0.39 is 0 Å². The lowest BCUT2D eigenvalue weighted by Crippen LogP contribution is -2.52. The lowest BCUT2D eigenvalue weighted by atomic mass is 9.98. The SMILES string of the molecule is CCC1CCCN(C(=O)C2CNC2)CC1. The number of likely N-dealkylation sites (tertiary alicyclic amines) is 1. The van der Waals surface area contributed by atoms with Crippen molar-refractivity contribution in [3.05, 3.63) is 0 Å². The van der Waals surface area contributed by atoms with E-state index in [2.05, 4.69) is 17.1 Å². The molecule has 0 saturated carbocycles. The number of hydrogen-bond donors (Lipinski definition) is 1. The average Bonchev–Trinajstić information content (AvgIpc) is 2.39. The standard InChI is InChI=1S/C12H22N2O/c1-2-10-4-3-6-14(7-5-10)12(15)11-8-13-9-11/h10-11,13H,2-9H2,1H3. The summed E-state index contributed by atoms with van der Waals surface area (Å²) >= 11 is 0. The Morgan fingerprint density at radius 2 is 2.13 bits per heavy atom. The van der Waals surface area contributed by atoms with E-state index in [-0.39, 0.29) is 5.92 Å². The van der Waals surface area contributed by atoms with Crippen LogP contribution in [0.2, 0.25) is 0 Å². The summed E-state index contributed by atoms with van der Waals surface area (Å²) in [5, 5.41) is 3.17. The summed E-state index contributed by atoms with van der Waals surface area (Å²) in [5.41, 5.74) is 0. The summed E-state index contributed by atoms with van der Waals surface area (Å²) < 4.78 is 0. The number of carbonyl (C=O) groups excluding carboxylic acids is 1. The third-order valence-electron chi connectivity index (χ3n) is 3.87. The van der Waals surface area contributed by atoms with Crippen molar-refractivity contribution >= 4 is 5.91 Å². The van der Waals surface area contributed by atoms with E-state index >= 15 is 0 Å². The Hall–Kier alpha value is -0.570. The minimum atomic E-state index is 0.281. The molecular formula is C12H22N2O. The molecule has 0 aromatic heterocycles. The van der Waals surface area contributed by atoms with Gasteiger partial charge in [-0.15, -0.1) is 0 Å². The predicted octanol–water partition coefficient (Wildman–Crippen LogP) is 1.24. The Morgan fingerprint density at radius 3 is 2.73 bits per heavy atom. The van der Waals surface area contributed by atoms with E-state index in [4.69, 9.17) is 0 Å². The van der Waals surface area contributed by atoms with Crippen molar-refractivity contribution in [2.75, 3.05) is 26.2 Å². The lowest BCUT2D eigenvalue weighted by molar-refractivity contribution is -0.137. The van der Waals surface area contributed by atoms with Crippen LogP contribution in [0.15, 0.2) is 0 Å². The molecule has 1 amide bonds. The second-order valence-corrected chi connectivity index (χ2v) is 4.89. The number of hydrogen-bond acceptors (Lipinski definition) is 2. The molecule has 2 aliphatic heterocycles. The Kier molecular flexibility index (Phi) is 3.62. The first-order chi connectivity index (χ1) is 7.31. The van der Waals surface area contributed by atoms with Gasteiger partial charge in [-0.2, -0.15) is 0 Å². The van der Waals surface area contributed by atoms with Gasteiger partial charge in [-0.25, -0.2) is 0 Å². The third kappa shape index (κ3) is 2.51. The van der Waals surface area contributed by atoms with E-state index in [1.807, 2.05) is 0 Å². The van der Waals surface area contributed by atoms with Gasteiger partial charge < -0.3 is 10.2 Å². The highest BCUT2D eigenvalue weighted by Gasteiger charge is 2.30. The first kappa shape index (κ1) is 10.9. The van der Waals surface area contributed by atoms with Crippen molar-refractivity contribution < 1.29 is 4.79 Å². The minimum Gasteiger partial charge on any atom is -0.342 e. The summed E-state index contributed by atoms with van der Waals surface area (Å²) in [7, 11) is 0. The molecule has 0 aromatic rings. The molecule has 1 unspecified atom stereocenters. The molecule has 15 heavy (non-hydrogen) atoms. The van der Waals surface area contributed by atoms with Crippen molar-refractivity contribution in [1.82, 2.24) is 10.2 Å². The molecule has 0 radical (unpaired) electrons. The third-order valence-corrected chi connectivity index (χ3v) is 3.87. The molecule has 1 N–H and O–H groups in total. The molecule has 2 heterocycles. The number of nitrogens with one attached hydrogen (secondary N) is 1. The summed E-state index contributed by atoms with van der Waals surface area (Å²) in [6.07, 6.45) is 4.99. The summed E-state index contributed by atoms with van der Waals surface area (Å²) in [4.78, 5) is 14.1. The van der Waals surface area contributed by atoms with Crippen LogP contribution in [0.25, 0.3) is 0 Å². The molecular weight excluding hydrogens is 188 g/mol. The largest absolute Gasteiger partial charge is 0.342 e. The maximum Gasteiger partial charge on any atom is 0.228 e. The van der Waals surface area contributed by atoms with Gasteiger partial charge in [0, 0.05) is 26.2 Å². The van der Waals surface area contributed by atoms with Crippen molar-refractivity contribution in [3.8, 4) is 0 Å². The second kappa shape index (κ2) is 4.97. The van der Waals surface area contributed by atoms with Crippen LogP contribution in [0.5, 0.6) is 0 Å². The Labute approximate surface area is 92.2 Å². The normalized spacial score (nSPS) is 28.3. The number of nitrogens with zero attached hydrogens (tertiary/aromatic N) is 1. The second-order valence-electron chi connectivity index (χ2n) is 4.89. The topological polar surface area (TPSA) is 32.3 Å². The molecule has 2 fully saturated rings. The zero-order valence-corrected chi connectivity index (χ0v) is 9.67. The molecule has 0 aliphatic carbocycles. The molecule has 1 atom stereocenters. The Balaban J connectivity index is 1.84. The first-order valence-corrected chi connectivity index (χ1v) is 6.30. The van der Waals surface area contributed by atoms with Crippen LogP contribution in [-0.2, 0) is 4.79 Å². The van der Waals surface area contributed by atoms with Crippen LogP contribution >= 0.6 is 0 Å². The van der Waals surface area contributed by atoms with Crippen molar-refractivity contribution in [1.29, 1.82) is 0 Å². The van der Waals surface area contributed by atoms with Crippen molar-refractivity contribution in [3.63, 3.8) is 0 Å². The molecule has 2 aliphatic rings. The fourth-order valence-electron chi connectivity index (χ4n) is 2.52. The highest BCUT2D eigenvalue weighted by atomic mass is 16.2. The zero-order valence-electron chi connectivity index (χ0n) is 9.67. The van der Waals surface area contributed by atoms with Gasteiger partial charge >= 0.3 is 0 Å². The Morgan fingerprint density at radius 1 is 1.33 bits per heavy atom. The fourth-order valence-corrected chi connectivity index (χ4v) is 2.52. The van der Waals surface area contributed by atoms with Gasteiger partial charge in [0.25, 0.3) is 0 Å². The van der Waals surface area contributed by atoms with E-state index in [0.29, 0.717) is 5.91 Å². The van der Waals surface area contributed by atoms with Crippen LogP contribution in [0, 0.1) is 11.8 Å². The van der Waals surface area contributed by atoms with Crippen molar-refractivity contribution in [2.24, 2.45) is 11.8 Å². The Bertz CT molecular complexity index is 226. The molecule has 0 aromatic carbocycles. The van der Waals surface area contributed by atoms with Crippen LogP contribution in [0.3, 0.4) is 0 Å². The first-order valence-electron chi connectivity index (χ1n) is 6.30. The van der Waals surface area contributed by atoms with Gasteiger partial charge in [-0.05, 0) is 25.2 Å². The maximum atomic E-state index is 12.0. The molecule has 86 valence electrons. The molecule has 0 spiro atoms. The van der Waals surface area contributed by atoms with Gasteiger partial charge in [0.05, 0.1) is 5.92 Å². The van der Waals surface area contributed by atoms with Crippen LogP contribution < -0.4 is 5.32 Å². The lowest BCUT2D eigenvalue weighted by Gasteiger charge is -2.31. The van der Waals surface area contributed by atoms with E-state index in [1.165, 1.54) is 25.7 Å². The highest BCUT2D eigenvalue weighted by molar-refractivity contribution is 5.80. The smallest absolute Gasteiger partial charge is 0.228 e. The van der Waals surface area contributed by atoms with Gasteiger partial charge in [0.2, 0.25) is 5.91 Å². The van der Waals surface area contributed by atoms with E-state index in [9.17, 15) is 4.79 Å². The quantitative estimate of drug-likeness (QED) is 0.744. The van der Waals surface area contributed by atoms with Crippen LogP contribution in [-0.4, -0.2) is 37.0 Å². The van der Waals surface area contributed by atoms with E-state index in [0.717, 1.165) is 32.1 Å². The van der Waals surface area contributed by atoms with Gasteiger partial charge in [-0.1, -0.05) is 13.3 Å². The summed E-state index contributed by atoms with van der Waals surface area (Å²) in [6, 6.07) is 0. The van der Waals surface area contributed by atoms with Crippen molar-refractivity contribution in [2.45, 2.75) is 32.6 Å². The summed E-state index contributed by atoms with van der Waals surface area (Å²) in [6.45, 7) is 6.04. The monoisotopic (exact) mass is 210 g/mol. The average molecular weight is 210 g/mol. The predicted molar refractivity (Wildman–Crippen MR) is 60.6 cm³/mol. The van der Waals surface area contributed by atoms with Gasteiger partial charge in [0.15, 0.2) is 0 Å². The molecule has 2 rings (SSSR count). The molecule has 2 saturated heterocycles. The summed E-state index contributed by atoms with van der Waals surface area (Å²) in [5.74, 6) is 1.52. The van der Waals surface area contributed by atoms with E-state index in [1.54, 1.807) is 0 Å². The van der Waals surface area contributed by atoms with Gasteiger partial charge in [-0.3, -0.25) is 4.79 Å². The minimum absolute atomic E-state index is 0.281. The number of rotatable bonds is 2. The number of amides is 1. The maximum absolute atomic E-state index is 12.0.